The van der Waals surface area contributed by atoms with Gasteiger partial charge in [-0.2, -0.15) is 5.26 Å². The first kappa shape index (κ1) is 19.0. The summed E-state index contributed by atoms with van der Waals surface area (Å²) in [5, 5.41) is 27.3. The number of halogens is 1. The summed E-state index contributed by atoms with van der Waals surface area (Å²) in [7, 11) is 1.54. The number of rotatable bonds is 9. The van der Waals surface area contributed by atoms with Gasteiger partial charge in [-0.15, -0.1) is 0 Å². The van der Waals surface area contributed by atoms with Gasteiger partial charge in [0.1, 0.15) is 5.75 Å². The number of nitriles is 1. The van der Waals surface area contributed by atoms with Crippen LogP contribution in [0.25, 0.3) is 0 Å². The Kier molecular flexibility index (Phi) is 7.04. The molecule has 1 rings (SSSR count). The molecule has 0 fully saturated rings. The molecule has 1 aromatic rings. The van der Waals surface area contributed by atoms with E-state index in [2.05, 4.69) is 22.0 Å². The number of carbonyl (C=O) groups is 2. The number of hydrogen-bond donors (Lipinski definition) is 2. The average Bonchev–Trinajstić information content (AvgIpc) is 2.50. The monoisotopic (exact) mass is 383 g/mol. The Balaban J connectivity index is 3.02. The summed E-state index contributed by atoms with van der Waals surface area (Å²) < 4.78 is 5.87. The van der Waals surface area contributed by atoms with Crippen molar-refractivity contribution in [1.29, 1.82) is 5.26 Å². The molecule has 0 bridgehead atoms. The van der Waals surface area contributed by atoms with Crippen LogP contribution in [0.1, 0.15) is 31.2 Å². The Morgan fingerprint density at radius 2 is 1.83 bits per heavy atom. The number of carboxylic acid groups (broad SMARTS) is 2. The van der Waals surface area contributed by atoms with E-state index >= 15 is 0 Å². The number of benzene rings is 1. The fourth-order valence-corrected chi connectivity index (χ4v) is 2.94. The highest BCUT2D eigenvalue weighted by atomic mass is 79.9. The third kappa shape index (κ3) is 5.91. The molecule has 0 heterocycles. The lowest BCUT2D eigenvalue weighted by Crippen LogP contribution is -2.24. The second-order valence-electron chi connectivity index (χ2n) is 5.33. The molecule has 0 aliphatic carbocycles. The first-order valence-electron chi connectivity index (χ1n) is 6.99. The minimum Gasteiger partial charge on any atom is -0.496 e. The van der Waals surface area contributed by atoms with Gasteiger partial charge in [-0.05, 0) is 52.9 Å². The van der Waals surface area contributed by atoms with Crippen molar-refractivity contribution < 1.29 is 24.5 Å². The standard InChI is InChI=1S/C16H18BrNO5/c1-23-13-3-2-11(8-12(13)17)9-16(10-18,6-4-14(19)20)7-5-15(21)22/h2-3,8H,4-7,9H2,1H3,(H,19,20)(H,21,22). The zero-order chi connectivity index (χ0) is 17.5. The summed E-state index contributed by atoms with van der Waals surface area (Å²) in [4.78, 5) is 21.7. The fourth-order valence-electron chi connectivity index (χ4n) is 2.36. The number of hydrogen-bond acceptors (Lipinski definition) is 4. The van der Waals surface area contributed by atoms with Crippen molar-refractivity contribution in [1.82, 2.24) is 0 Å². The lowest BCUT2D eigenvalue weighted by molar-refractivity contribution is -0.137. The Morgan fingerprint density at radius 1 is 1.26 bits per heavy atom. The number of nitrogens with zero attached hydrogens (tertiary/aromatic N) is 1. The smallest absolute Gasteiger partial charge is 0.303 e. The number of ether oxygens (including phenoxy) is 1. The van der Waals surface area contributed by atoms with Gasteiger partial charge in [0.2, 0.25) is 0 Å². The first-order valence-corrected chi connectivity index (χ1v) is 7.78. The predicted molar refractivity (Wildman–Crippen MR) is 86.2 cm³/mol. The van der Waals surface area contributed by atoms with Crippen molar-refractivity contribution in [3.63, 3.8) is 0 Å². The minimum absolute atomic E-state index is 0.107. The van der Waals surface area contributed by atoms with Gasteiger partial charge < -0.3 is 14.9 Å². The zero-order valence-corrected chi connectivity index (χ0v) is 14.3. The highest BCUT2D eigenvalue weighted by Crippen LogP contribution is 2.35. The molecule has 0 aliphatic heterocycles. The third-order valence-corrected chi connectivity index (χ3v) is 4.25. The average molecular weight is 384 g/mol. The van der Waals surface area contributed by atoms with Crippen molar-refractivity contribution in [2.75, 3.05) is 7.11 Å². The van der Waals surface area contributed by atoms with E-state index in [-0.39, 0.29) is 32.1 Å². The van der Waals surface area contributed by atoms with Crippen molar-refractivity contribution in [3.8, 4) is 11.8 Å². The van der Waals surface area contributed by atoms with Crippen LogP contribution < -0.4 is 4.74 Å². The normalized spacial score (nSPS) is 10.8. The van der Waals surface area contributed by atoms with Crippen molar-refractivity contribution in [2.45, 2.75) is 32.1 Å². The van der Waals surface area contributed by atoms with Crippen LogP contribution in [0.5, 0.6) is 5.75 Å². The SMILES string of the molecule is COc1ccc(CC(C#N)(CCC(=O)O)CCC(=O)O)cc1Br. The Morgan fingerprint density at radius 3 is 2.22 bits per heavy atom. The molecule has 0 atom stereocenters. The molecule has 0 saturated heterocycles. The van der Waals surface area contributed by atoms with E-state index in [1.807, 2.05) is 0 Å². The number of carboxylic acids is 2. The number of methoxy groups -OCH3 is 1. The highest BCUT2D eigenvalue weighted by Gasteiger charge is 2.32. The topological polar surface area (TPSA) is 108 Å². The van der Waals surface area contributed by atoms with Crippen LogP contribution in [0.2, 0.25) is 0 Å². The van der Waals surface area contributed by atoms with Gasteiger partial charge in [-0.3, -0.25) is 9.59 Å². The molecular weight excluding hydrogens is 366 g/mol. The molecule has 6 nitrogen and oxygen atoms in total. The van der Waals surface area contributed by atoms with Gasteiger partial charge >= 0.3 is 11.9 Å². The van der Waals surface area contributed by atoms with Gasteiger partial charge in [0, 0.05) is 12.8 Å². The van der Waals surface area contributed by atoms with E-state index in [0.717, 1.165) is 10.0 Å². The summed E-state index contributed by atoms with van der Waals surface area (Å²) in [6.07, 6.45) is 0.146. The molecular formula is C16H18BrNO5. The fraction of sp³-hybridized carbons (Fsp3) is 0.438. The molecule has 0 unspecified atom stereocenters. The van der Waals surface area contributed by atoms with E-state index in [1.165, 1.54) is 0 Å². The molecule has 23 heavy (non-hydrogen) atoms. The summed E-state index contributed by atoms with van der Waals surface area (Å²) >= 11 is 3.37. The van der Waals surface area contributed by atoms with Gasteiger partial charge in [0.15, 0.2) is 0 Å². The maximum Gasteiger partial charge on any atom is 0.303 e. The number of aliphatic carboxylic acids is 2. The Hall–Kier alpha value is -2.07. The van der Waals surface area contributed by atoms with Crippen LogP contribution in [0, 0.1) is 16.7 Å². The van der Waals surface area contributed by atoms with E-state index in [9.17, 15) is 14.9 Å². The highest BCUT2D eigenvalue weighted by molar-refractivity contribution is 9.10. The van der Waals surface area contributed by atoms with Gasteiger partial charge in [-0.1, -0.05) is 6.07 Å². The Bertz CT molecular complexity index is 605. The van der Waals surface area contributed by atoms with E-state index in [4.69, 9.17) is 14.9 Å². The second kappa shape index (κ2) is 8.53. The van der Waals surface area contributed by atoms with E-state index in [1.54, 1.807) is 25.3 Å². The largest absolute Gasteiger partial charge is 0.496 e. The van der Waals surface area contributed by atoms with E-state index in [0.29, 0.717) is 5.75 Å². The predicted octanol–water partition coefficient (Wildman–Crippen LogP) is 3.24. The lowest BCUT2D eigenvalue weighted by Gasteiger charge is -2.26. The second-order valence-corrected chi connectivity index (χ2v) is 6.18. The molecule has 1 aromatic carbocycles. The summed E-state index contributed by atoms with van der Waals surface area (Å²) in [6, 6.07) is 7.48. The van der Waals surface area contributed by atoms with E-state index < -0.39 is 17.4 Å². The third-order valence-electron chi connectivity index (χ3n) is 3.63. The molecule has 0 spiro atoms. The summed E-state index contributed by atoms with van der Waals surface area (Å²) in [5.74, 6) is -1.36. The first-order chi connectivity index (χ1) is 10.8. The van der Waals surface area contributed by atoms with Crippen molar-refractivity contribution in [3.05, 3.63) is 28.2 Å². The van der Waals surface area contributed by atoms with Crippen LogP contribution in [-0.2, 0) is 16.0 Å². The molecule has 0 amide bonds. The molecule has 0 aromatic heterocycles. The lowest BCUT2D eigenvalue weighted by atomic mass is 9.75. The molecule has 0 radical (unpaired) electrons. The van der Waals surface area contributed by atoms with Crippen molar-refractivity contribution in [2.24, 2.45) is 5.41 Å². The van der Waals surface area contributed by atoms with Crippen LogP contribution >= 0.6 is 15.9 Å². The summed E-state index contributed by atoms with van der Waals surface area (Å²) in [6.45, 7) is 0. The zero-order valence-electron chi connectivity index (χ0n) is 12.7. The molecule has 124 valence electrons. The maximum absolute atomic E-state index is 10.8. The summed E-state index contributed by atoms with van der Waals surface area (Å²) in [5.41, 5.74) is -0.208. The molecule has 2 N–H and O–H groups in total. The van der Waals surface area contributed by atoms with Gasteiger partial charge in [0.25, 0.3) is 0 Å². The Labute approximate surface area is 142 Å². The maximum atomic E-state index is 10.8. The van der Waals surface area contributed by atoms with Crippen LogP contribution in [0.3, 0.4) is 0 Å². The van der Waals surface area contributed by atoms with Gasteiger partial charge in [0.05, 0.1) is 23.1 Å². The van der Waals surface area contributed by atoms with Crippen LogP contribution in [0.4, 0.5) is 0 Å². The molecule has 7 heteroatoms. The molecule has 0 saturated carbocycles. The minimum atomic E-state index is -1.02. The molecule has 0 aliphatic rings. The van der Waals surface area contributed by atoms with Crippen LogP contribution in [-0.4, -0.2) is 29.3 Å². The van der Waals surface area contributed by atoms with Crippen LogP contribution in [0.15, 0.2) is 22.7 Å². The van der Waals surface area contributed by atoms with Crippen molar-refractivity contribution >= 4 is 27.9 Å². The van der Waals surface area contributed by atoms with Gasteiger partial charge in [-0.25, -0.2) is 0 Å². The quantitative estimate of drug-likeness (QED) is 0.677.